The van der Waals surface area contributed by atoms with E-state index < -0.39 is 6.10 Å². The summed E-state index contributed by atoms with van der Waals surface area (Å²) in [5.41, 5.74) is 0. The van der Waals surface area contributed by atoms with E-state index in [-0.39, 0.29) is 31.1 Å². The maximum atomic E-state index is 12.8. The summed E-state index contributed by atoms with van der Waals surface area (Å²) in [6, 6.07) is 0. The van der Waals surface area contributed by atoms with E-state index in [2.05, 4.69) is 130 Å². The summed E-state index contributed by atoms with van der Waals surface area (Å²) in [7, 11) is 0. The quantitative estimate of drug-likeness (QED) is 0.0261. The van der Waals surface area contributed by atoms with Gasteiger partial charge in [-0.05, 0) is 128 Å². The molecule has 0 saturated carbocycles. The van der Waals surface area contributed by atoms with Crippen molar-refractivity contribution < 1.29 is 28.6 Å². The minimum Gasteiger partial charge on any atom is -0.462 e. The fourth-order valence-electron chi connectivity index (χ4n) is 7.82. The Bertz CT molecular complexity index is 1460. The summed E-state index contributed by atoms with van der Waals surface area (Å²) in [4.78, 5) is 38.1. The molecule has 1 unspecified atom stereocenters. The fraction of sp³-hybridized carbons (Fsp3) is 0.677. The lowest BCUT2D eigenvalue weighted by Crippen LogP contribution is -2.30. The Morgan fingerprint density at radius 2 is 0.549 bits per heavy atom. The van der Waals surface area contributed by atoms with Crippen molar-refractivity contribution in [1.29, 1.82) is 0 Å². The largest absolute Gasteiger partial charge is 0.462 e. The van der Waals surface area contributed by atoms with Crippen LogP contribution >= 0.6 is 0 Å². The Balaban J connectivity index is 4.43. The lowest BCUT2D eigenvalue weighted by molar-refractivity contribution is -0.167. The Morgan fingerprint density at radius 3 is 0.901 bits per heavy atom. The molecule has 0 rings (SSSR count). The zero-order chi connectivity index (χ0) is 51.4. The predicted octanol–water partition coefficient (Wildman–Crippen LogP) is 19.9. The molecule has 0 spiro atoms. The van der Waals surface area contributed by atoms with Crippen molar-refractivity contribution in [3.63, 3.8) is 0 Å². The number of allylic oxidation sites excluding steroid dienone is 18. The molecule has 0 aliphatic carbocycles. The number of rotatable bonds is 52. The van der Waals surface area contributed by atoms with Gasteiger partial charge in [-0.2, -0.15) is 0 Å². The molecule has 0 aliphatic rings. The first-order valence-electron chi connectivity index (χ1n) is 29.4. The third-order valence-corrected chi connectivity index (χ3v) is 12.2. The molecule has 0 aromatic rings. The second kappa shape index (κ2) is 58.6. The molecule has 0 bridgehead atoms. The van der Waals surface area contributed by atoms with Crippen LogP contribution in [0.1, 0.15) is 265 Å². The summed E-state index contributed by atoms with van der Waals surface area (Å²) in [6.07, 6.45) is 79.3. The second-order valence-electron chi connectivity index (χ2n) is 19.2. The monoisotopic (exact) mass is 985 g/mol. The third-order valence-electron chi connectivity index (χ3n) is 12.2. The average Bonchev–Trinajstić information content (AvgIpc) is 3.37. The van der Waals surface area contributed by atoms with Crippen LogP contribution in [0.25, 0.3) is 0 Å². The molecule has 1 atom stereocenters. The highest BCUT2D eigenvalue weighted by Crippen LogP contribution is 2.14. The molecule has 6 heteroatoms. The molecule has 0 saturated heterocycles. The molecule has 0 amide bonds. The summed E-state index contributed by atoms with van der Waals surface area (Å²) in [5.74, 6) is -0.947. The van der Waals surface area contributed by atoms with Crippen LogP contribution in [0.3, 0.4) is 0 Å². The smallest absolute Gasteiger partial charge is 0.306 e. The Morgan fingerprint density at radius 1 is 0.296 bits per heavy atom. The van der Waals surface area contributed by atoms with Gasteiger partial charge < -0.3 is 14.2 Å². The number of hydrogen-bond acceptors (Lipinski definition) is 6. The molecule has 0 N–H and O–H groups in total. The summed E-state index contributed by atoms with van der Waals surface area (Å²) < 4.78 is 16.8. The molecule has 404 valence electrons. The lowest BCUT2D eigenvalue weighted by Gasteiger charge is -2.18. The van der Waals surface area contributed by atoms with E-state index in [1.54, 1.807) is 0 Å². The highest BCUT2D eigenvalue weighted by Gasteiger charge is 2.19. The summed E-state index contributed by atoms with van der Waals surface area (Å²) in [6.45, 7) is 6.46. The van der Waals surface area contributed by atoms with Gasteiger partial charge in [-0.25, -0.2) is 0 Å². The zero-order valence-corrected chi connectivity index (χ0v) is 46.2. The van der Waals surface area contributed by atoms with Gasteiger partial charge in [0.05, 0.1) is 0 Å². The van der Waals surface area contributed by atoms with E-state index in [4.69, 9.17) is 14.2 Å². The maximum Gasteiger partial charge on any atom is 0.306 e. The fourth-order valence-corrected chi connectivity index (χ4v) is 7.82. The Hall–Kier alpha value is -3.93. The van der Waals surface area contributed by atoms with Gasteiger partial charge in [0, 0.05) is 19.3 Å². The van der Waals surface area contributed by atoms with Gasteiger partial charge in [0.15, 0.2) is 6.10 Å². The van der Waals surface area contributed by atoms with Crippen molar-refractivity contribution in [3.8, 4) is 0 Å². The van der Waals surface area contributed by atoms with Crippen molar-refractivity contribution in [3.05, 3.63) is 109 Å². The first-order valence-corrected chi connectivity index (χ1v) is 29.4. The third kappa shape index (κ3) is 56.9. The minimum atomic E-state index is -0.801. The van der Waals surface area contributed by atoms with Crippen LogP contribution in [0.4, 0.5) is 0 Å². The molecule has 0 aliphatic heterocycles. The van der Waals surface area contributed by atoms with Gasteiger partial charge in [0.2, 0.25) is 0 Å². The van der Waals surface area contributed by atoms with Gasteiger partial charge in [0.25, 0.3) is 0 Å². The number of ether oxygens (including phenoxy) is 3. The SMILES string of the molecule is CC/C=C\C/C=C\C/C=C\C/C=C\C/C=C\C/C=C\C/C=C\CCCCCC(=O)OCC(COC(=O)CCCCCCC/C=C\CCCCCC)OC(=O)CCCCCCC/C=C\CCCCCCCC. The van der Waals surface area contributed by atoms with Crippen molar-refractivity contribution in [2.45, 2.75) is 271 Å². The van der Waals surface area contributed by atoms with Crippen molar-refractivity contribution in [1.82, 2.24) is 0 Å². The molecular weight excluding hydrogens is 877 g/mol. The van der Waals surface area contributed by atoms with Crippen LogP contribution in [-0.4, -0.2) is 37.2 Å². The normalized spacial score (nSPS) is 12.9. The number of carbonyl (C=O) groups is 3. The van der Waals surface area contributed by atoms with E-state index in [0.29, 0.717) is 19.3 Å². The molecule has 0 fully saturated rings. The highest BCUT2D eigenvalue weighted by atomic mass is 16.6. The van der Waals surface area contributed by atoms with E-state index in [1.807, 2.05) is 0 Å². The number of hydrogen-bond donors (Lipinski definition) is 0. The van der Waals surface area contributed by atoms with E-state index in [0.717, 1.165) is 135 Å². The van der Waals surface area contributed by atoms with E-state index in [1.165, 1.54) is 89.9 Å². The Kier molecular flexibility index (Phi) is 55.4. The van der Waals surface area contributed by atoms with Crippen LogP contribution in [0.15, 0.2) is 109 Å². The van der Waals surface area contributed by atoms with Crippen molar-refractivity contribution >= 4 is 17.9 Å². The molecule has 0 heterocycles. The molecule has 71 heavy (non-hydrogen) atoms. The Labute approximate surface area is 438 Å². The molecule has 6 nitrogen and oxygen atoms in total. The van der Waals surface area contributed by atoms with Gasteiger partial charge in [0.1, 0.15) is 13.2 Å². The first-order chi connectivity index (χ1) is 35.0. The lowest BCUT2D eigenvalue weighted by atomic mass is 10.1. The average molecular weight is 986 g/mol. The minimum absolute atomic E-state index is 0.0973. The topological polar surface area (TPSA) is 78.9 Å². The number of unbranched alkanes of at least 4 members (excludes halogenated alkanes) is 23. The van der Waals surface area contributed by atoms with Crippen molar-refractivity contribution in [2.24, 2.45) is 0 Å². The molecule has 0 radical (unpaired) electrons. The standard InChI is InChI=1S/C65H108O6/c1-4-7-10-13-16-19-22-25-27-28-29-30-31-32-33-34-35-36-38-40-43-46-49-52-55-58-64(67)70-61-62(60-69-63(66)57-54-51-48-45-42-39-24-21-18-15-12-9-6-3)71-65(68)59-56-53-50-47-44-41-37-26-23-20-17-14-11-8-5-2/h7,10,16,19,21,24-27,29-30,32-33,35-37,40,43,62H,4-6,8-9,11-15,17-18,20,22-23,28,31,34,38-39,41-42,44-61H2,1-3H3/b10-7-,19-16-,24-21-,27-25-,30-29-,33-32-,36-35-,37-26-,43-40-. The summed E-state index contributed by atoms with van der Waals surface area (Å²) >= 11 is 0. The van der Waals surface area contributed by atoms with E-state index >= 15 is 0 Å². The number of carbonyl (C=O) groups excluding carboxylic acids is 3. The first kappa shape index (κ1) is 67.1. The highest BCUT2D eigenvalue weighted by molar-refractivity contribution is 5.71. The van der Waals surface area contributed by atoms with Crippen LogP contribution < -0.4 is 0 Å². The summed E-state index contributed by atoms with van der Waals surface area (Å²) in [5, 5.41) is 0. The zero-order valence-electron chi connectivity index (χ0n) is 46.2. The second-order valence-corrected chi connectivity index (χ2v) is 19.2. The van der Waals surface area contributed by atoms with Gasteiger partial charge in [-0.3, -0.25) is 14.4 Å². The van der Waals surface area contributed by atoms with Crippen LogP contribution in [0.5, 0.6) is 0 Å². The van der Waals surface area contributed by atoms with Crippen molar-refractivity contribution in [2.75, 3.05) is 13.2 Å². The molecule has 0 aromatic heterocycles. The number of esters is 3. The van der Waals surface area contributed by atoms with Gasteiger partial charge in [-0.1, -0.05) is 226 Å². The van der Waals surface area contributed by atoms with Gasteiger partial charge >= 0.3 is 17.9 Å². The maximum absolute atomic E-state index is 12.8. The predicted molar refractivity (Wildman–Crippen MR) is 307 cm³/mol. The van der Waals surface area contributed by atoms with Crippen LogP contribution in [-0.2, 0) is 28.6 Å². The molecular formula is C65H108O6. The van der Waals surface area contributed by atoms with Gasteiger partial charge in [-0.15, -0.1) is 0 Å². The van der Waals surface area contributed by atoms with E-state index in [9.17, 15) is 14.4 Å². The van der Waals surface area contributed by atoms with Crippen LogP contribution in [0, 0.1) is 0 Å². The van der Waals surface area contributed by atoms with Crippen LogP contribution in [0.2, 0.25) is 0 Å². The molecule has 0 aromatic carbocycles.